The van der Waals surface area contributed by atoms with Gasteiger partial charge in [0.05, 0.1) is 31.0 Å². The summed E-state index contributed by atoms with van der Waals surface area (Å²) in [6.45, 7) is 3.49. The summed E-state index contributed by atoms with van der Waals surface area (Å²) in [5, 5.41) is 4.32. The summed E-state index contributed by atoms with van der Waals surface area (Å²) in [4.78, 5) is 34.1. The highest BCUT2D eigenvalue weighted by atomic mass is 16.5. The van der Waals surface area contributed by atoms with Crippen molar-refractivity contribution in [2.24, 2.45) is 0 Å². The standard InChI is InChI=1S/C30H33N3O4/c1-4-28(34)33(20-8-7-13-31-18-20)27-12-11-26-29(30(27)35)24(23-9-5-6-10-25(23)32-26)16-19-14-21(36-2)17-22(15-19)37-3/h5-6,9-12,14-15,17,20,27,31H,4,7-8,13,16,18H2,1-3H3. The summed E-state index contributed by atoms with van der Waals surface area (Å²) in [6, 6.07) is 13.0. The van der Waals surface area contributed by atoms with Gasteiger partial charge in [0.25, 0.3) is 0 Å². The Hall–Kier alpha value is -3.71. The van der Waals surface area contributed by atoms with E-state index in [0.717, 1.165) is 41.4 Å². The maximum atomic E-state index is 14.3. The Kier molecular flexibility index (Phi) is 7.24. The number of pyridine rings is 1. The third-order valence-electron chi connectivity index (χ3n) is 7.33. The molecule has 0 radical (unpaired) electrons. The van der Waals surface area contributed by atoms with Gasteiger partial charge < -0.3 is 19.7 Å². The molecule has 1 fully saturated rings. The second-order valence-corrected chi connectivity index (χ2v) is 9.59. The molecule has 1 N–H and O–H groups in total. The van der Waals surface area contributed by atoms with E-state index in [0.29, 0.717) is 42.1 Å². The topological polar surface area (TPSA) is 80.8 Å². The summed E-state index contributed by atoms with van der Waals surface area (Å²) in [7, 11) is 3.25. The highest BCUT2D eigenvalue weighted by molar-refractivity contribution is 6.11. The molecular formula is C30H33N3O4. The SMILES string of the molecule is CCC(=O)N(C1CCCNC1)C1C=Cc2nc3ccccc3c(Cc3cc(OC)cc(OC)c3)c2C1=O. The smallest absolute Gasteiger partial charge is 0.223 e. The van der Waals surface area contributed by atoms with Gasteiger partial charge in [-0.25, -0.2) is 4.98 Å². The lowest BCUT2D eigenvalue weighted by molar-refractivity contribution is -0.134. The zero-order valence-electron chi connectivity index (χ0n) is 21.6. The maximum absolute atomic E-state index is 14.3. The second kappa shape index (κ2) is 10.7. The number of ether oxygens (including phenoxy) is 2. The van der Waals surface area contributed by atoms with Gasteiger partial charge in [-0.05, 0) is 61.2 Å². The lowest BCUT2D eigenvalue weighted by Gasteiger charge is -2.39. The van der Waals surface area contributed by atoms with Crippen molar-refractivity contribution in [2.75, 3.05) is 27.3 Å². The summed E-state index contributed by atoms with van der Waals surface area (Å²) in [6.07, 6.45) is 6.48. The lowest BCUT2D eigenvalue weighted by Crippen LogP contribution is -2.55. The normalized spacial score (nSPS) is 18.9. The molecule has 2 atom stereocenters. The third kappa shape index (κ3) is 4.83. The first-order valence-electron chi connectivity index (χ1n) is 12.9. The Morgan fingerprint density at radius 3 is 2.57 bits per heavy atom. The monoisotopic (exact) mass is 499 g/mol. The Morgan fingerprint density at radius 1 is 1.14 bits per heavy atom. The van der Waals surface area contributed by atoms with E-state index in [1.54, 1.807) is 14.2 Å². The number of ketones is 1. The van der Waals surface area contributed by atoms with Gasteiger partial charge in [0, 0.05) is 30.5 Å². The number of methoxy groups -OCH3 is 2. The predicted molar refractivity (Wildman–Crippen MR) is 144 cm³/mol. The van der Waals surface area contributed by atoms with E-state index >= 15 is 0 Å². The van der Waals surface area contributed by atoms with Crippen molar-refractivity contribution in [1.29, 1.82) is 0 Å². The fraction of sp³-hybridized carbons (Fsp3) is 0.367. The van der Waals surface area contributed by atoms with Crippen LogP contribution in [0.15, 0.2) is 48.5 Å². The van der Waals surface area contributed by atoms with Crippen molar-refractivity contribution in [1.82, 2.24) is 15.2 Å². The molecule has 1 amide bonds. The van der Waals surface area contributed by atoms with Crippen LogP contribution in [0.25, 0.3) is 17.0 Å². The number of piperidine rings is 1. The van der Waals surface area contributed by atoms with Crippen molar-refractivity contribution in [3.05, 3.63) is 70.9 Å². The number of amides is 1. The van der Waals surface area contributed by atoms with E-state index in [9.17, 15) is 9.59 Å². The molecule has 3 aromatic rings. The van der Waals surface area contributed by atoms with Gasteiger partial charge in [-0.1, -0.05) is 31.2 Å². The van der Waals surface area contributed by atoms with Crippen molar-refractivity contribution in [2.45, 2.75) is 44.7 Å². The Morgan fingerprint density at radius 2 is 1.89 bits per heavy atom. The minimum Gasteiger partial charge on any atom is -0.497 e. The molecule has 2 unspecified atom stereocenters. The highest BCUT2D eigenvalue weighted by Crippen LogP contribution is 2.34. The van der Waals surface area contributed by atoms with Crippen molar-refractivity contribution in [3.8, 4) is 11.5 Å². The third-order valence-corrected chi connectivity index (χ3v) is 7.33. The van der Waals surface area contributed by atoms with Gasteiger partial charge in [0.15, 0.2) is 5.78 Å². The summed E-state index contributed by atoms with van der Waals surface area (Å²) in [5.41, 5.74) is 3.94. The van der Waals surface area contributed by atoms with Crippen molar-refractivity contribution < 1.29 is 19.1 Å². The van der Waals surface area contributed by atoms with E-state index in [-0.39, 0.29) is 17.7 Å². The Labute approximate surface area is 217 Å². The molecule has 0 spiro atoms. The van der Waals surface area contributed by atoms with Gasteiger partial charge in [0.1, 0.15) is 17.5 Å². The number of hydrogen-bond acceptors (Lipinski definition) is 6. The largest absolute Gasteiger partial charge is 0.497 e. The fourth-order valence-electron chi connectivity index (χ4n) is 5.53. The number of rotatable bonds is 7. The Balaban J connectivity index is 1.63. The van der Waals surface area contributed by atoms with Gasteiger partial charge >= 0.3 is 0 Å². The van der Waals surface area contributed by atoms with Crippen LogP contribution in [0.3, 0.4) is 0 Å². The molecule has 1 aliphatic heterocycles. The number of hydrogen-bond donors (Lipinski definition) is 1. The van der Waals surface area contributed by atoms with E-state index in [4.69, 9.17) is 14.5 Å². The van der Waals surface area contributed by atoms with E-state index in [1.165, 1.54) is 0 Å². The van der Waals surface area contributed by atoms with Crippen LogP contribution in [0.1, 0.15) is 53.4 Å². The number of nitrogens with zero attached hydrogens (tertiary/aromatic N) is 2. The average Bonchev–Trinajstić information content (AvgIpc) is 2.94. The first kappa shape index (κ1) is 25.0. The summed E-state index contributed by atoms with van der Waals surface area (Å²) in [5.74, 6) is 1.30. The van der Waals surface area contributed by atoms with Gasteiger partial charge in [-0.15, -0.1) is 0 Å². The van der Waals surface area contributed by atoms with E-state index < -0.39 is 6.04 Å². The minimum atomic E-state index is -0.647. The minimum absolute atomic E-state index is 0.00650. The molecule has 0 saturated carbocycles. The van der Waals surface area contributed by atoms with E-state index in [1.807, 2.05) is 66.4 Å². The molecule has 5 rings (SSSR count). The van der Waals surface area contributed by atoms with Gasteiger partial charge in [-0.2, -0.15) is 0 Å². The molecule has 7 heteroatoms. The zero-order chi connectivity index (χ0) is 25.9. The van der Waals surface area contributed by atoms with Crippen LogP contribution in [0.5, 0.6) is 11.5 Å². The number of para-hydroxylation sites is 1. The quantitative estimate of drug-likeness (QED) is 0.519. The molecule has 7 nitrogen and oxygen atoms in total. The molecule has 37 heavy (non-hydrogen) atoms. The maximum Gasteiger partial charge on any atom is 0.223 e. The van der Waals surface area contributed by atoms with Crippen molar-refractivity contribution in [3.63, 3.8) is 0 Å². The summed E-state index contributed by atoms with van der Waals surface area (Å²) >= 11 is 0. The van der Waals surface area contributed by atoms with Gasteiger partial charge in [0.2, 0.25) is 5.91 Å². The van der Waals surface area contributed by atoms with Crippen molar-refractivity contribution >= 4 is 28.7 Å². The van der Waals surface area contributed by atoms with Gasteiger partial charge in [-0.3, -0.25) is 9.59 Å². The number of nitrogens with one attached hydrogen (secondary N) is 1. The van der Waals surface area contributed by atoms with Crippen LogP contribution < -0.4 is 14.8 Å². The first-order chi connectivity index (χ1) is 18.0. The summed E-state index contributed by atoms with van der Waals surface area (Å²) < 4.78 is 11.0. The molecule has 1 aliphatic carbocycles. The number of aromatic nitrogens is 1. The highest BCUT2D eigenvalue weighted by Gasteiger charge is 2.38. The number of Topliss-reactive ketones (excluding diaryl/α,β-unsaturated/α-hetero) is 1. The number of carbonyl (C=O) groups is 2. The average molecular weight is 500 g/mol. The molecule has 1 saturated heterocycles. The Bertz CT molecular complexity index is 1340. The molecular weight excluding hydrogens is 466 g/mol. The number of carbonyl (C=O) groups excluding carboxylic acids is 2. The molecule has 2 aromatic carbocycles. The van der Waals surface area contributed by atoms with Crippen LogP contribution in [-0.4, -0.2) is 61.0 Å². The van der Waals surface area contributed by atoms with Crippen LogP contribution in [0, 0.1) is 0 Å². The van der Waals surface area contributed by atoms with Crippen LogP contribution in [0.4, 0.5) is 0 Å². The number of benzene rings is 2. The fourth-order valence-corrected chi connectivity index (χ4v) is 5.53. The number of fused-ring (bicyclic) bond motifs is 2. The molecule has 192 valence electrons. The first-order valence-corrected chi connectivity index (χ1v) is 12.9. The van der Waals surface area contributed by atoms with E-state index in [2.05, 4.69) is 5.32 Å². The molecule has 0 bridgehead atoms. The molecule has 2 heterocycles. The van der Waals surface area contributed by atoms with Crippen LogP contribution in [-0.2, 0) is 11.2 Å². The molecule has 1 aromatic heterocycles. The lowest BCUT2D eigenvalue weighted by atomic mass is 9.86. The predicted octanol–water partition coefficient (Wildman–Crippen LogP) is 4.41. The zero-order valence-corrected chi connectivity index (χ0v) is 21.6. The molecule has 2 aliphatic rings. The second-order valence-electron chi connectivity index (χ2n) is 9.59. The van der Waals surface area contributed by atoms with Crippen LogP contribution in [0.2, 0.25) is 0 Å². The van der Waals surface area contributed by atoms with Crippen LogP contribution >= 0.6 is 0 Å².